The second kappa shape index (κ2) is 16.5. The molecule has 4 N–H and O–H groups in total. The molecule has 4 aliphatic carbocycles. The van der Waals surface area contributed by atoms with Gasteiger partial charge in [0.05, 0.1) is 0 Å². The predicted molar refractivity (Wildman–Crippen MR) is 244 cm³/mol. The first-order valence-electron chi connectivity index (χ1n) is 23.0. The van der Waals surface area contributed by atoms with E-state index in [1.807, 2.05) is 58.9 Å². The molecule has 2 unspecified atom stereocenters. The Morgan fingerprint density at radius 1 is 0.746 bits per heavy atom. The normalized spacial score (nSPS) is 26.8. The molecule has 14 heteroatoms. The van der Waals surface area contributed by atoms with Gasteiger partial charge in [-0.05, 0) is 159 Å². The average molecular weight is 865 g/mol. The van der Waals surface area contributed by atoms with Crippen molar-refractivity contribution in [2.45, 2.75) is 123 Å². The highest BCUT2D eigenvalue weighted by molar-refractivity contribution is 5.93. The van der Waals surface area contributed by atoms with Crippen LogP contribution in [-0.2, 0) is 0 Å². The number of benzene rings is 2. The summed E-state index contributed by atoms with van der Waals surface area (Å²) in [7, 11) is 2.12. The van der Waals surface area contributed by atoms with Gasteiger partial charge in [-0.1, -0.05) is 6.92 Å². The molecule has 2 atom stereocenters. The van der Waals surface area contributed by atoms with Gasteiger partial charge in [0.1, 0.15) is 46.2 Å². The van der Waals surface area contributed by atoms with E-state index in [9.17, 15) is 19.2 Å². The number of aryl methyl sites for hydroxylation is 2. The molecule has 4 amide bonds. The molecule has 4 aromatic rings. The first-order valence-corrected chi connectivity index (χ1v) is 23.0. The van der Waals surface area contributed by atoms with Gasteiger partial charge in [-0.3, -0.25) is 0 Å². The number of amides is 4. The van der Waals surface area contributed by atoms with Gasteiger partial charge in [0.15, 0.2) is 0 Å². The van der Waals surface area contributed by atoms with Gasteiger partial charge in [-0.2, -0.15) is 0 Å². The summed E-state index contributed by atoms with van der Waals surface area (Å²) in [6, 6.07) is 10.2. The van der Waals surface area contributed by atoms with E-state index in [1.54, 1.807) is 12.1 Å². The minimum atomic E-state index is -0.614. The van der Waals surface area contributed by atoms with Gasteiger partial charge >= 0.3 is 23.3 Å². The molecule has 0 spiro atoms. The first kappa shape index (κ1) is 43.2. The summed E-state index contributed by atoms with van der Waals surface area (Å²) < 4.78 is 24.4. The van der Waals surface area contributed by atoms with Crippen molar-refractivity contribution >= 4 is 45.4 Å². The lowest BCUT2D eigenvalue weighted by molar-refractivity contribution is -0.130. The van der Waals surface area contributed by atoms with E-state index < -0.39 is 22.8 Å². The molecule has 2 aromatic heterocycles. The molecule has 10 rings (SSSR count). The predicted octanol–water partition coefficient (Wildman–Crippen LogP) is 8.16. The Hall–Kier alpha value is -5.08. The number of likely N-dealkylation sites (tertiary alicyclic amines) is 2. The Bertz CT molecular complexity index is 2510. The SMILES string of the molecule is Cc1c(OC2CCN(C)CC2)ccc2cc(NC(=O)NC3C4CC5(C)CC3CC(CN3CCC(Oc6ccc7cc(NC(=O)NC(C)(C)C)c(=O)oc7c6C)CC3)(C4)C5)c(=O)oc12. The molecular weight excluding hydrogens is 801 g/mol. The largest absolute Gasteiger partial charge is 0.490 e. The Balaban J connectivity index is 0.790. The number of fused-ring (bicyclic) bond motifs is 2. The van der Waals surface area contributed by atoms with Crippen LogP contribution in [0, 0.1) is 36.5 Å². The number of nitrogens with one attached hydrogen (secondary N) is 4. The maximum atomic E-state index is 13.6. The standard InChI is InChI=1S/C49H64N6O8/c1-28-38(60-34-12-16-54(7)17-13-34)10-8-30-20-36(43(56)62-41(28)30)50-45(58)52-40-32-22-48(6)23-33(40)25-49(24-32,26-48)27-55-18-14-35(15-19-55)61-39-11-9-31-21-37(44(57)63-42(31)29(39)2)51-46(59)53-47(3,4)5/h8-11,20-21,32-35,40H,12-19,22-27H2,1-7H3,(H2,50,52,58)(H2,51,53,59). The van der Waals surface area contributed by atoms with Gasteiger partial charge in [0.25, 0.3) is 0 Å². The minimum absolute atomic E-state index is 0.0432. The number of ether oxygens (including phenoxy) is 2. The van der Waals surface area contributed by atoms with Crippen LogP contribution in [0.15, 0.2) is 54.8 Å². The summed E-state index contributed by atoms with van der Waals surface area (Å²) >= 11 is 0. The fourth-order valence-corrected chi connectivity index (χ4v) is 12.2. The van der Waals surface area contributed by atoms with Crippen molar-refractivity contribution in [3.05, 3.63) is 68.4 Å². The van der Waals surface area contributed by atoms with Crippen LogP contribution >= 0.6 is 0 Å². The van der Waals surface area contributed by atoms with Gasteiger partial charge in [0, 0.05) is 66.2 Å². The zero-order valence-electron chi connectivity index (χ0n) is 37.9. The molecule has 0 radical (unpaired) electrons. The third-order valence-electron chi connectivity index (χ3n) is 14.5. The summed E-state index contributed by atoms with van der Waals surface area (Å²) in [5.74, 6) is 2.19. The van der Waals surface area contributed by atoms with Gasteiger partial charge < -0.3 is 49.4 Å². The lowest BCUT2D eigenvalue weighted by atomic mass is 9.43. The highest BCUT2D eigenvalue weighted by atomic mass is 16.5. The fourth-order valence-electron chi connectivity index (χ4n) is 12.2. The molecule has 338 valence electrons. The number of hydrogen-bond acceptors (Lipinski definition) is 10. The van der Waals surface area contributed by atoms with E-state index in [1.165, 1.54) is 6.42 Å². The van der Waals surface area contributed by atoms with Crippen molar-refractivity contribution in [3.63, 3.8) is 0 Å². The number of carbonyl (C=O) groups is 2. The van der Waals surface area contributed by atoms with Crippen molar-refractivity contribution in [2.24, 2.45) is 22.7 Å². The summed E-state index contributed by atoms with van der Waals surface area (Å²) in [4.78, 5) is 57.0. The van der Waals surface area contributed by atoms with E-state index in [-0.39, 0.29) is 46.5 Å². The Morgan fingerprint density at radius 2 is 1.24 bits per heavy atom. The van der Waals surface area contributed by atoms with Crippen LogP contribution in [0.5, 0.6) is 11.5 Å². The van der Waals surface area contributed by atoms with Crippen LogP contribution in [-0.4, -0.2) is 85.4 Å². The maximum absolute atomic E-state index is 13.6. The molecule has 2 aliphatic heterocycles. The molecule has 4 heterocycles. The second-order valence-corrected chi connectivity index (χ2v) is 21.1. The molecule has 14 nitrogen and oxygen atoms in total. The van der Waals surface area contributed by atoms with Crippen LogP contribution in [0.25, 0.3) is 21.9 Å². The average Bonchev–Trinajstić information content (AvgIpc) is 3.20. The summed E-state index contributed by atoms with van der Waals surface area (Å²) in [6.45, 7) is 16.8. The number of nitrogens with zero attached hydrogens (tertiary/aromatic N) is 2. The van der Waals surface area contributed by atoms with E-state index in [2.05, 4.69) is 45.0 Å². The molecule has 63 heavy (non-hydrogen) atoms. The van der Waals surface area contributed by atoms with Gasteiger partial charge in [0.2, 0.25) is 0 Å². The number of rotatable bonds is 9. The number of piperidine rings is 2. The topological polar surface area (TPSA) is 168 Å². The Kier molecular flexibility index (Phi) is 11.3. The van der Waals surface area contributed by atoms with Crippen LogP contribution in [0.4, 0.5) is 21.0 Å². The van der Waals surface area contributed by atoms with E-state index in [4.69, 9.17) is 18.3 Å². The number of hydrogen-bond donors (Lipinski definition) is 4. The van der Waals surface area contributed by atoms with Crippen molar-refractivity contribution < 1.29 is 27.9 Å². The second-order valence-electron chi connectivity index (χ2n) is 21.1. The Morgan fingerprint density at radius 3 is 1.75 bits per heavy atom. The zero-order valence-corrected chi connectivity index (χ0v) is 37.9. The fraction of sp³-hybridized carbons (Fsp3) is 0.592. The van der Waals surface area contributed by atoms with Crippen LogP contribution < -0.4 is 42.0 Å². The van der Waals surface area contributed by atoms with E-state index >= 15 is 0 Å². The van der Waals surface area contributed by atoms with Crippen molar-refractivity contribution in [1.29, 1.82) is 0 Å². The van der Waals surface area contributed by atoms with Crippen LogP contribution in [0.2, 0.25) is 0 Å². The number of anilines is 2. The minimum Gasteiger partial charge on any atom is -0.490 e. The molecular formula is C49H64N6O8. The Labute approximate surface area is 368 Å². The molecule has 2 aromatic carbocycles. The van der Waals surface area contributed by atoms with Crippen LogP contribution in [0.1, 0.15) is 96.6 Å². The quantitative estimate of drug-likeness (QED) is 0.121. The van der Waals surface area contributed by atoms with Crippen molar-refractivity contribution in [2.75, 3.05) is 50.4 Å². The third kappa shape index (κ3) is 9.16. The highest BCUT2D eigenvalue weighted by Gasteiger charge is 2.60. The monoisotopic (exact) mass is 864 g/mol. The molecule has 4 bridgehead atoms. The van der Waals surface area contributed by atoms with E-state index in [0.717, 1.165) is 106 Å². The highest BCUT2D eigenvalue weighted by Crippen LogP contribution is 2.65. The van der Waals surface area contributed by atoms with E-state index in [0.29, 0.717) is 34.1 Å². The number of urea groups is 2. The molecule has 6 aliphatic rings. The number of carbonyl (C=O) groups excluding carboxylic acids is 2. The molecule has 6 fully saturated rings. The van der Waals surface area contributed by atoms with Gasteiger partial charge in [-0.25, -0.2) is 19.2 Å². The smallest absolute Gasteiger partial charge is 0.360 e. The van der Waals surface area contributed by atoms with Crippen molar-refractivity contribution in [3.8, 4) is 11.5 Å². The lowest BCUT2D eigenvalue weighted by Crippen LogP contribution is -2.64. The summed E-state index contributed by atoms with van der Waals surface area (Å²) in [5, 5.41) is 13.0. The van der Waals surface area contributed by atoms with Crippen LogP contribution in [0.3, 0.4) is 0 Å². The zero-order chi connectivity index (χ0) is 44.4. The van der Waals surface area contributed by atoms with Crippen molar-refractivity contribution in [1.82, 2.24) is 20.4 Å². The third-order valence-corrected chi connectivity index (χ3v) is 14.5. The maximum Gasteiger partial charge on any atom is 0.360 e. The van der Waals surface area contributed by atoms with Gasteiger partial charge in [-0.15, -0.1) is 0 Å². The summed E-state index contributed by atoms with van der Waals surface area (Å²) in [6.07, 6.45) is 9.46. The molecule has 2 saturated heterocycles. The molecule has 4 saturated carbocycles. The first-order chi connectivity index (χ1) is 29.9. The lowest BCUT2D eigenvalue weighted by Gasteiger charge is -2.65. The summed E-state index contributed by atoms with van der Waals surface area (Å²) in [5.41, 5.74) is 1.53.